The van der Waals surface area contributed by atoms with Crippen molar-refractivity contribution in [1.29, 1.82) is 0 Å². The summed E-state index contributed by atoms with van der Waals surface area (Å²) in [5, 5.41) is 0. The normalized spacial score (nSPS) is 13.0. The largest absolute Gasteiger partial charge is 0.497 e. The van der Waals surface area contributed by atoms with E-state index in [0.717, 1.165) is 35.4 Å². The highest BCUT2D eigenvalue weighted by molar-refractivity contribution is 5.85. The molecule has 2 atom stereocenters. The van der Waals surface area contributed by atoms with Crippen LogP contribution in [0.25, 0.3) is 0 Å². The van der Waals surface area contributed by atoms with E-state index in [2.05, 4.69) is 51.3 Å². The van der Waals surface area contributed by atoms with Gasteiger partial charge in [-0.25, -0.2) is 0 Å². The predicted octanol–water partition coefficient (Wildman–Crippen LogP) is 7.16. The molecule has 0 saturated heterocycles. The molecule has 0 saturated carbocycles. The molecule has 3 rings (SSSR count). The molecule has 0 radical (unpaired) electrons. The van der Waals surface area contributed by atoms with Crippen molar-refractivity contribution in [2.45, 2.75) is 86.5 Å². The van der Waals surface area contributed by atoms with E-state index in [1.165, 1.54) is 0 Å². The molecule has 6 nitrogen and oxygen atoms in total. The molecule has 3 aromatic rings. The molecule has 0 spiro atoms. The van der Waals surface area contributed by atoms with Crippen LogP contribution < -0.4 is 4.74 Å². The van der Waals surface area contributed by atoms with Gasteiger partial charge in [0, 0.05) is 37.4 Å². The zero-order valence-electron chi connectivity index (χ0n) is 26.1. The number of hydrogen-bond donors (Lipinski definition) is 0. The number of ether oxygens (including phenoxy) is 1. The summed E-state index contributed by atoms with van der Waals surface area (Å²) in [5.41, 5.74) is 3.38. The Hall–Kier alpha value is -3.54. The highest BCUT2D eigenvalue weighted by Crippen LogP contribution is 2.27. The van der Waals surface area contributed by atoms with Crippen LogP contribution in [0.4, 0.5) is 0 Å². The first kappa shape index (κ1) is 32.0. The molecule has 0 aliphatic heterocycles. The SMILES string of the molecule is CCC(C)N(CC(=O)N(Cc1ccccc1)Cc1cccn1Cc1cccc(OC)c1)C(=O)CC(C)CC(C)(C)C. The van der Waals surface area contributed by atoms with Gasteiger partial charge in [-0.2, -0.15) is 0 Å². The molecule has 222 valence electrons. The summed E-state index contributed by atoms with van der Waals surface area (Å²) in [6, 6.07) is 22.2. The van der Waals surface area contributed by atoms with E-state index >= 15 is 0 Å². The molecular formula is C35H49N3O3. The molecule has 0 N–H and O–H groups in total. The zero-order chi connectivity index (χ0) is 30.0. The van der Waals surface area contributed by atoms with Crippen molar-refractivity contribution < 1.29 is 14.3 Å². The summed E-state index contributed by atoms with van der Waals surface area (Å²) >= 11 is 0. The summed E-state index contributed by atoms with van der Waals surface area (Å²) in [5.74, 6) is 1.10. The number of nitrogens with zero attached hydrogens (tertiary/aromatic N) is 3. The van der Waals surface area contributed by atoms with Crippen LogP contribution in [0.2, 0.25) is 0 Å². The van der Waals surface area contributed by atoms with E-state index < -0.39 is 0 Å². The molecule has 0 fully saturated rings. The maximum absolute atomic E-state index is 14.0. The number of rotatable bonds is 14. The van der Waals surface area contributed by atoms with Crippen molar-refractivity contribution in [1.82, 2.24) is 14.4 Å². The summed E-state index contributed by atoms with van der Waals surface area (Å²) in [6.45, 7) is 14.6. The molecule has 0 bridgehead atoms. The minimum absolute atomic E-state index is 0.0104. The van der Waals surface area contributed by atoms with E-state index in [1.54, 1.807) is 12.0 Å². The van der Waals surface area contributed by atoms with Gasteiger partial charge in [0.15, 0.2) is 0 Å². The molecule has 0 aliphatic carbocycles. The number of aromatic nitrogens is 1. The number of carbonyl (C=O) groups excluding carboxylic acids is 2. The lowest BCUT2D eigenvalue weighted by Gasteiger charge is -2.33. The fraction of sp³-hybridized carbons (Fsp3) is 0.486. The van der Waals surface area contributed by atoms with Crippen molar-refractivity contribution in [3.63, 3.8) is 0 Å². The maximum Gasteiger partial charge on any atom is 0.242 e. The molecule has 41 heavy (non-hydrogen) atoms. The van der Waals surface area contributed by atoms with E-state index in [4.69, 9.17) is 4.74 Å². The molecule has 1 aromatic heterocycles. The zero-order valence-corrected chi connectivity index (χ0v) is 26.1. The number of hydrogen-bond acceptors (Lipinski definition) is 3. The Bertz CT molecular complexity index is 1240. The van der Waals surface area contributed by atoms with Gasteiger partial charge in [-0.05, 0) is 66.5 Å². The standard InChI is InChI=1S/C35H49N3O3/c1-8-28(3)38(33(39)20-27(2)22-35(4,5)6)26-34(40)37(23-29-14-10-9-11-15-29)25-31-17-13-19-36(31)24-30-16-12-18-32(21-30)41-7/h9-19,21,27-28H,8,20,22-26H2,1-7H3. The first-order chi connectivity index (χ1) is 19.5. The second kappa shape index (κ2) is 14.9. The highest BCUT2D eigenvalue weighted by Gasteiger charge is 2.27. The van der Waals surface area contributed by atoms with E-state index in [-0.39, 0.29) is 35.7 Å². The Labute approximate surface area is 247 Å². The van der Waals surface area contributed by atoms with Crippen LogP contribution in [0.15, 0.2) is 72.9 Å². The maximum atomic E-state index is 14.0. The molecule has 1 heterocycles. The molecule has 2 amide bonds. The van der Waals surface area contributed by atoms with Crippen molar-refractivity contribution >= 4 is 11.8 Å². The summed E-state index contributed by atoms with van der Waals surface area (Å²) in [4.78, 5) is 31.2. The monoisotopic (exact) mass is 559 g/mol. The van der Waals surface area contributed by atoms with E-state index in [1.807, 2.05) is 72.6 Å². The van der Waals surface area contributed by atoms with Gasteiger partial charge in [0.2, 0.25) is 11.8 Å². The van der Waals surface area contributed by atoms with Gasteiger partial charge < -0.3 is 19.1 Å². The summed E-state index contributed by atoms with van der Waals surface area (Å²) in [6.07, 6.45) is 4.27. The number of amides is 2. The Morgan fingerprint density at radius 1 is 0.902 bits per heavy atom. The first-order valence-electron chi connectivity index (χ1n) is 14.9. The average Bonchev–Trinajstić information content (AvgIpc) is 3.36. The van der Waals surface area contributed by atoms with Crippen LogP contribution in [0, 0.1) is 11.3 Å². The molecule has 2 aromatic carbocycles. The number of carbonyl (C=O) groups is 2. The molecule has 2 unspecified atom stereocenters. The third-order valence-electron chi connectivity index (χ3n) is 7.57. The van der Waals surface area contributed by atoms with E-state index in [0.29, 0.717) is 26.1 Å². The smallest absolute Gasteiger partial charge is 0.242 e. The highest BCUT2D eigenvalue weighted by atomic mass is 16.5. The van der Waals surface area contributed by atoms with Crippen molar-refractivity contribution in [2.75, 3.05) is 13.7 Å². The molecule has 0 aliphatic rings. The Morgan fingerprint density at radius 3 is 2.27 bits per heavy atom. The van der Waals surface area contributed by atoms with E-state index in [9.17, 15) is 9.59 Å². The predicted molar refractivity (Wildman–Crippen MR) is 167 cm³/mol. The number of benzene rings is 2. The quantitative estimate of drug-likeness (QED) is 0.211. The fourth-order valence-corrected chi connectivity index (χ4v) is 5.44. The lowest BCUT2D eigenvalue weighted by atomic mass is 9.84. The van der Waals surface area contributed by atoms with Crippen molar-refractivity contribution in [2.24, 2.45) is 11.3 Å². The Morgan fingerprint density at radius 2 is 1.61 bits per heavy atom. The molecule has 6 heteroatoms. The van der Waals surface area contributed by atoms with Crippen LogP contribution in [0.5, 0.6) is 5.75 Å². The Kier molecular flexibility index (Phi) is 11.6. The lowest BCUT2D eigenvalue weighted by molar-refractivity contribution is -0.143. The minimum atomic E-state index is -0.0416. The second-order valence-electron chi connectivity index (χ2n) is 12.6. The van der Waals surface area contributed by atoms with Gasteiger partial charge in [-0.1, -0.05) is 77.1 Å². The lowest BCUT2D eigenvalue weighted by Crippen LogP contribution is -2.46. The first-order valence-corrected chi connectivity index (χ1v) is 14.9. The molecular weight excluding hydrogens is 510 g/mol. The summed E-state index contributed by atoms with van der Waals surface area (Å²) < 4.78 is 7.58. The second-order valence-corrected chi connectivity index (χ2v) is 12.6. The third kappa shape index (κ3) is 10.1. The van der Waals surface area contributed by atoms with Crippen LogP contribution in [0.3, 0.4) is 0 Å². The van der Waals surface area contributed by atoms with Crippen LogP contribution in [0.1, 0.15) is 77.6 Å². The summed E-state index contributed by atoms with van der Waals surface area (Å²) in [7, 11) is 1.67. The van der Waals surface area contributed by atoms with Crippen LogP contribution >= 0.6 is 0 Å². The van der Waals surface area contributed by atoms with Gasteiger partial charge in [-0.15, -0.1) is 0 Å². The average molecular weight is 560 g/mol. The van der Waals surface area contributed by atoms with Gasteiger partial charge in [0.05, 0.1) is 13.7 Å². The van der Waals surface area contributed by atoms with Gasteiger partial charge in [0.25, 0.3) is 0 Å². The van der Waals surface area contributed by atoms with Crippen molar-refractivity contribution in [3.8, 4) is 5.75 Å². The van der Waals surface area contributed by atoms with Crippen molar-refractivity contribution in [3.05, 3.63) is 89.7 Å². The van der Waals surface area contributed by atoms with Crippen LogP contribution in [-0.2, 0) is 29.2 Å². The van der Waals surface area contributed by atoms with Gasteiger partial charge in [-0.3, -0.25) is 9.59 Å². The Balaban J connectivity index is 1.82. The fourth-order valence-electron chi connectivity index (χ4n) is 5.44. The minimum Gasteiger partial charge on any atom is -0.497 e. The number of methoxy groups -OCH3 is 1. The topological polar surface area (TPSA) is 54.8 Å². The third-order valence-corrected chi connectivity index (χ3v) is 7.57. The van der Waals surface area contributed by atoms with Gasteiger partial charge in [0.1, 0.15) is 12.3 Å². The van der Waals surface area contributed by atoms with Gasteiger partial charge >= 0.3 is 0 Å². The van der Waals surface area contributed by atoms with Crippen LogP contribution in [-0.4, -0.2) is 45.9 Å².